The van der Waals surface area contributed by atoms with Crippen LogP contribution >= 0.6 is 0 Å². The van der Waals surface area contributed by atoms with E-state index in [1.165, 1.54) is 6.07 Å². The molecule has 4 rings (SSSR count). The maximum atomic E-state index is 15.4. The van der Waals surface area contributed by atoms with E-state index in [0.29, 0.717) is 29.2 Å². The van der Waals surface area contributed by atoms with Crippen LogP contribution < -0.4 is 9.03 Å². The van der Waals surface area contributed by atoms with E-state index in [9.17, 15) is 23.1 Å². The second-order valence-electron chi connectivity index (χ2n) is 8.99. The Morgan fingerprint density at radius 3 is 2.62 bits per heavy atom. The van der Waals surface area contributed by atoms with Crippen LogP contribution in [0.5, 0.6) is 5.75 Å². The average molecular weight is 466 g/mol. The topological polar surface area (TPSA) is 116 Å². The molecule has 2 N–H and O–H groups in total. The van der Waals surface area contributed by atoms with Crippen LogP contribution in [0.1, 0.15) is 38.7 Å². The van der Waals surface area contributed by atoms with Gasteiger partial charge in [0.2, 0.25) is 0 Å². The highest BCUT2D eigenvalue weighted by molar-refractivity contribution is 7.92. The highest BCUT2D eigenvalue weighted by Gasteiger charge is 2.38. The number of rotatable bonds is 2. The van der Waals surface area contributed by atoms with Crippen molar-refractivity contribution >= 4 is 38.7 Å². The Morgan fingerprint density at radius 2 is 2.00 bits per heavy atom. The minimum Gasteiger partial charge on any atom is -0.506 e. The van der Waals surface area contributed by atoms with E-state index in [4.69, 9.17) is 4.74 Å². The van der Waals surface area contributed by atoms with Gasteiger partial charge < -0.3 is 14.7 Å². The number of nitrogens with one attached hydrogen (secondary N) is 1. The molecule has 2 aromatic carbocycles. The number of phenols is 1. The first-order chi connectivity index (χ1) is 14.9. The van der Waals surface area contributed by atoms with Crippen molar-refractivity contribution in [2.75, 3.05) is 23.9 Å². The Kier molecular flexibility index (Phi) is 5.19. The zero-order valence-corrected chi connectivity index (χ0v) is 18.7. The summed E-state index contributed by atoms with van der Waals surface area (Å²) in [5, 5.41) is 10.8. The summed E-state index contributed by atoms with van der Waals surface area (Å²) in [6.07, 6.45) is 0.256. The summed E-state index contributed by atoms with van der Waals surface area (Å²) < 4.78 is 47.4. The molecule has 2 heterocycles. The first-order valence-corrected chi connectivity index (χ1v) is 11.6. The van der Waals surface area contributed by atoms with Crippen LogP contribution in [0.2, 0.25) is 0 Å². The minimum absolute atomic E-state index is 0.0534. The summed E-state index contributed by atoms with van der Waals surface area (Å²) in [4.78, 5) is 25.5. The minimum atomic E-state index is -4.28. The SMILES string of the molecule is CC(C)(C)OC(=O)N1CC[C@H](c2ccc3cc(O)c(N4CC(=O)NS4(=O)=O)c(F)c3c2)C1. The number of anilines is 1. The second-order valence-corrected chi connectivity index (χ2v) is 10.6. The van der Waals surface area contributed by atoms with Gasteiger partial charge in [-0.25, -0.2) is 18.2 Å². The van der Waals surface area contributed by atoms with Crippen LogP contribution in [0.4, 0.5) is 14.9 Å². The van der Waals surface area contributed by atoms with Crippen molar-refractivity contribution in [2.24, 2.45) is 0 Å². The van der Waals surface area contributed by atoms with E-state index >= 15 is 4.39 Å². The van der Waals surface area contributed by atoms with Crippen molar-refractivity contribution in [1.82, 2.24) is 9.62 Å². The van der Waals surface area contributed by atoms with Crippen molar-refractivity contribution in [3.05, 3.63) is 35.6 Å². The van der Waals surface area contributed by atoms with Crippen LogP contribution in [0.15, 0.2) is 24.3 Å². The number of aromatic hydroxyl groups is 1. The highest BCUT2D eigenvalue weighted by Crippen LogP contribution is 2.40. The van der Waals surface area contributed by atoms with Gasteiger partial charge >= 0.3 is 16.3 Å². The molecule has 0 saturated carbocycles. The summed E-state index contributed by atoms with van der Waals surface area (Å²) in [6, 6.07) is 6.28. The molecule has 0 bridgehead atoms. The molecule has 0 aromatic heterocycles. The first-order valence-electron chi connectivity index (χ1n) is 10.1. The molecule has 2 aromatic rings. The number of hydrogen-bond donors (Lipinski definition) is 2. The molecule has 0 spiro atoms. The van der Waals surface area contributed by atoms with E-state index in [1.54, 1.807) is 48.6 Å². The lowest BCUT2D eigenvalue weighted by atomic mass is 9.95. The maximum Gasteiger partial charge on any atom is 0.410 e. The van der Waals surface area contributed by atoms with Gasteiger partial charge in [-0.2, -0.15) is 8.42 Å². The van der Waals surface area contributed by atoms with Crippen molar-refractivity contribution in [1.29, 1.82) is 0 Å². The molecular weight excluding hydrogens is 441 g/mol. The van der Waals surface area contributed by atoms with Gasteiger partial charge in [-0.3, -0.25) is 4.79 Å². The summed E-state index contributed by atoms with van der Waals surface area (Å²) in [7, 11) is -4.28. The Morgan fingerprint density at radius 1 is 1.28 bits per heavy atom. The van der Waals surface area contributed by atoms with Crippen LogP contribution in [0.3, 0.4) is 0 Å². The molecular formula is C21H24FN3O6S. The fraction of sp³-hybridized carbons (Fsp3) is 0.429. The Labute approximate surface area is 184 Å². The van der Waals surface area contributed by atoms with Crippen molar-refractivity contribution in [3.8, 4) is 5.75 Å². The number of ether oxygens (including phenoxy) is 1. The normalized spacial score (nSPS) is 20.6. The van der Waals surface area contributed by atoms with E-state index in [-0.39, 0.29) is 11.3 Å². The number of nitrogens with zero attached hydrogens (tertiary/aromatic N) is 2. The number of likely N-dealkylation sites (tertiary alicyclic amines) is 1. The summed E-state index contributed by atoms with van der Waals surface area (Å²) >= 11 is 0. The van der Waals surface area contributed by atoms with E-state index in [2.05, 4.69) is 0 Å². The largest absolute Gasteiger partial charge is 0.506 e. The second kappa shape index (κ2) is 7.51. The van der Waals surface area contributed by atoms with Gasteiger partial charge in [-0.05, 0) is 50.3 Å². The third kappa shape index (κ3) is 4.04. The predicted octanol–water partition coefficient (Wildman–Crippen LogP) is 2.59. The molecule has 0 unspecified atom stereocenters. The van der Waals surface area contributed by atoms with Crippen molar-refractivity contribution in [2.45, 2.75) is 38.7 Å². The summed E-state index contributed by atoms with van der Waals surface area (Å²) in [5.41, 5.74) is -0.404. The lowest BCUT2D eigenvalue weighted by Crippen LogP contribution is -2.35. The van der Waals surface area contributed by atoms with E-state index in [0.717, 1.165) is 5.56 Å². The zero-order chi connectivity index (χ0) is 23.4. The van der Waals surface area contributed by atoms with Gasteiger partial charge in [0.1, 0.15) is 23.6 Å². The lowest BCUT2D eigenvalue weighted by Gasteiger charge is -2.24. The van der Waals surface area contributed by atoms with Gasteiger partial charge in [0, 0.05) is 24.4 Å². The van der Waals surface area contributed by atoms with Crippen molar-refractivity contribution < 1.29 is 32.2 Å². The molecule has 0 radical (unpaired) electrons. The molecule has 32 heavy (non-hydrogen) atoms. The standard InChI is InChI=1S/C21H24FN3O6S/c1-21(2,3)31-20(28)24-7-6-14(10-24)12-4-5-13-9-16(26)19(18(22)15(13)8-12)25-11-17(27)23-32(25,29)30/h4-5,8-9,14,26H,6-7,10-11H2,1-3H3,(H,23,27)/t14-/m0/s1. The summed E-state index contributed by atoms with van der Waals surface area (Å²) in [5.74, 6) is -2.39. The van der Waals surface area contributed by atoms with Crippen LogP contribution in [0, 0.1) is 5.82 Å². The number of halogens is 1. The fourth-order valence-electron chi connectivity index (χ4n) is 4.01. The molecule has 11 heteroatoms. The molecule has 2 amide bonds. The number of fused-ring (bicyclic) bond motifs is 1. The molecule has 2 aliphatic rings. The highest BCUT2D eigenvalue weighted by atomic mass is 32.2. The lowest BCUT2D eigenvalue weighted by molar-refractivity contribution is -0.117. The van der Waals surface area contributed by atoms with Gasteiger partial charge in [0.15, 0.2) is 5.82 Å². The van der Waals surface area contributed by atoms with E-state index < -0.39 is 51.6 Å². The van der Waals surface area contributed by atoms with Crippen LogP contribution in [-0.4, -0.2) is 55.7 Å². The first kappa shape index (κ1) is 22.1. The zero-order valence-electron chi connectivity index (χ0n) is 17.9. The Balaban J connectivity index is 1.66. The predicted molar refractivity (Wildman–Crippen MR) is 115 cm³/mol. The molecule has 2 aliphatic heterocycles. The van der Waals surface area contributed by atoms with Gasteiger partial charge in [-0.1, -0.05) is 12.1 Å². The molecule has 172 valence electrons. The molecule has 2 saturated heterocycles. The molecule has 9 nitrogen and oxygen atoms in total. The monoisotopic (exact) mass is 465 g/mol. The summed E-state index contributed by atoms with van der Waals surface area (Å²) in [6.45, 7) is 5.67. The van der Waals surface area contributed by atoms with Gasteiger partial charge in [0.25, 0.3) is 5.91 Å². The maximum absolute atomic E-state index is 15.4. The van der Waals surface area contributed by atoms with Crippen LogP contribution in [-0.2, 0) is 19.7 Å². The van der Waals surface area contributed by atoms with Crippen LogP contribution in [0.25, 0.3) is 10.8 Å². The molecule has 2 fully saturated rings. The average Bonchev–Trinajstić information content (AvgIpc) is 3.25. The fourth-order valence-corrected chi connectivity index (χ4v) is 5.17. The number of hydrogen-bond acceptors (Lipinski definition) is 6. The number of benzene rings is 2. The molecule has 1 atom stereocenters. The quantitative estimate of drug-likeness (QED) is 0.704. The Bertz CT molecular complexity index is 1220. The number of carbonyl (C=O) groups is 2. The van der Waals surface area contributed by atoms with Gasteiger partial charge in [0.05, 0.1) is 0 Å². The van der Waals surface area contributed by atoms with Gasteiger partial charge in [-0.15, -0.1) is 0 Å². The van der Waals surface area contributed by atoms with E-state index in [1.807, 2.05) is 0 Å². The number of phenolic OH excluding ortho intramolecular Hbond substituents is 1. The Hall–Kier alpha value is -3.08. The third-order valence-electron chi connectivity index (χ3n) is 5.44. The smallest absolute Gasteiger partial charge is 0.410 e. The number of amides is 2. The molecule has 0 aliphatic carbocycles. The third-order valence-corrected chi connectivity index (χ3v) is 6.82. The van der Waals surface area contributed by atoms with Crippen molar-refractivity contribution in [3.63, 3.8) is 0 Å². The number of carbonyl (C=O) groups excluding carboxylic acids is 2.